The van der Waals surface area contributed by atoms with Gasteiger partial charge < -0.3 is 10.1 Å². The Bertz CT molecular complexity index is 429. The van der Waals surface area contributed by atoms with E-state index in [0.29, 0.717) is 11.8 Å². The Kier molecular flexibility index (Phi) is 6.50. The van der Waals surface area contributed by atoms with Crippen LogP contribution in [-0.2, 0) is 6.42 Å². The fourth-order valence-electron chi connectivity index (χ4n) is 3.41. The number of rotatable bonds is 8. The van der Waals surface area contributed by atoms with Crippen molar-refractivity contribution < 1.29 is 9.13 Å². The molecule has 1 N–H and O–H groups in total. The van der Waals surface area contributed by atoms with Crippen LogP contribution in [0, 0.1) is 11.7 Å². The first-order valence-corrected chi connectivity index (χ1v) is 8.31. The molecule has 0 saturated heterocycles. The van der Waals surface area contributed by atoms with Crippen LogP contribution in [0.15, 0.2) is 18.2 Å². The van der Waals surface area contributed by atoms with E-state index in [-0.39, 0.29) is 5.82 Å². The third kappa shape index (κ3) is 4.44. The van der Waals surface area contributed by atoms with Crippen LogP contribution in [0.4, 0.5) is 4.39 Å². The van der Waals surface area contributed by atoms with Crippen molar-refractivity contribution in [3.63, 3.8) is 0 Å². The summed E-state index contributed by atoms with van der Waals surface area (Å²) in [6.07, 6.45) is 8.28. The monoisotopic (exact) mass is 293 g/mol. The van der Waals surface area contributed by atoms with Gasteiger partial charge in [0.2, 0.25) is 0 Å². The quantitative estimate of drug-likeness (QED) is 0.770. The highest BCUT2D eigenvalue weighted by molar-refractivity contribution is 5.31. The maximum Gasteiger partial charge on any atom is 0.168 e. The fraction of sp³-hybridized carbons (Fsp3) is 0.667. The van der Waals surface area contributed by atoms with Crippen molar-refractivity contribution in [3.8, 4) is 5.75 Å². The SMILES string of the molecule is CCCNC(CCc1cccc(OC)c1F)C1CCCC1. The topological polar surface area (TPSA) is 21.3 Å². The molecule has 0 aliphatic heterocycles. The first kappa shape index (κ1) is 16.3. The Hall–Kier alpha value is -1.09. The largest absolute Gasteiger partial charge is 0.494 e. The van der Waals surface area contributed by atoms with Crippen molar-refractivity contribution in [2.45, 2.75) is 57.9 Å². The number of aryl methyl sites for hydroxylation is 1. The van der Waals surface area contributed by atoms with Crippen LogP contribution >= 0.6 is 0 Å². The van der Waals surface area contributed by atoms with E-state index < -0.39 is 0 Å². The second kappa shape index (κ2) is 8.38. The molecule has 3 heteroatoms. The van der Waals surface area contributed by atoms with Crippen molar-refractivity contribution >= 4 is 0 Å². The summed E-state index contributed by atoms with van der Waals surface area (Å²) < 4.78 is 19.3. The first-order chi connectivity index (χ1) is 10.3. The van der Waals surface area contributed by atoms with Crippen LogP contribution in [0.3, 0.4) is 0 Å². The van der Waals surface area contributed by atoms with E-state index in [1.165, 1.54) is 32.8 Å². The van der Waals surface area contributed by atoms with Gasteiger partial charge in [-0.3, -0.25) is 0 Å². The average molecular weight is 293 g/mol. The van der Waals surface area contributed by atoms with Gasteiger partial charge in [-0.1, -0.05) is 31.9 Å². The van der Waals surface area contributed by atoms with Gasteiger partial charge in [-0.05, 0) is 56.2 Å². The molecule has 1 aliphatic rings. The summed E-state index contributed by atoms with van der Waals surface area (Å²) in [5.41, 5.74) is 0.774. The molecule has 0 heterocycles. The van der Waals surface area contributed by atoms with E-state index in [1.54, 1.807) is 6.07 Å². The number of benzene rings is 1. The molecule has 1 atom stereocenters. The van der Waals surface area contributed by atoms with Crippen molar-refractivity contribution in [1.82, 2.24) is 5.32 Å². The van der Waals surface area contributed by atoms with Gasteiger partial charge in [0.05, 0.1) is 7.11 Å². The minimum absolute atomic E-state index is 0.194. The lowest BCUT2D eigenvalue weighted by molar-refractivity contribution is 0.338. The average Bonchev–Trinajstić information content (AvgIpc) is 3.03. The lowest BCUT2D eigenvalue weighted by Gasteiger charge is -2.25. The molecule has 2 rings (SSSR count). The zero-order valence-corrected chi connectivity index (χ0v) is 13.3. The third-order valence-electron chi connectivity index (χ3n) is 4.61. The molecule has 0 spiro atoms. The first-order valence-electron chi connectivity index (χ1n) is 8.31. The van der Waals surface area contributed by atoms with Gasteiger partial charge in [0.25, 0.3) is 0 Å². The molecule has 1 saturated carbocycles. The van der Waals surface area contributed by atoms with Crippen molar-refractivity contribution in [3.05, 3.63) is 29.6 Å². The minimum Gasteiger partial charge on any atom is -0.494 e. The standard InChI is InChI=1S/C18H28FNO/c1-3-13-20-16(14-7-4-5-8-14)12-11-15-9-6-10-17(21-2)18(15)19/h6,9-10,14,16,20H,3-5,7-8,11-13H2,1-2H3. The number of ether oxygens (including phenoxy) is 1. The van der Waals surface area contributed by atoms with E-state index in [1.807, 2.05) is 12.1 Å². The Balaban J connectivity index is 1.97. The van der Waals surface area contributed by atoms with Crippen LogP contribution in [0.5, 0.6) is 5.75 Å². The Morgan fingerprint density at radius 1 is 1.33 bits per heavy atom. The van der Waals surface area contributed by atoms with Gasteiger partial charge in [0.1, 0.15) is 0 Å². The van der Waals surface area contributed by atoms with Crippen LogP contribution < -0.4 is 10.1 Å². The fourth-order valence-corrected chi connectivity index (χ4v) is 3.41. The molecule has 0 aromatic heterocycles. The Morgan fingerprint density at radius 2 is 2.10 bits per heavy atom. The summed E-state index contributed by atoms with van der Waals surface area (Å²) >= 11 is 0. The van der Waals surface area contributed by atoms with E-state index in [2.05, 4.69) is 12.2 Å². The van der Waals surface area contributed by atoms with Crippen LogP contribution in [0.25, 0.3) is 0 Å². The van der Waals surface area contributed by atoms with E-state index in [4.69, 9.17) is 4.74 Å². The molecule has 1 aliphatic carbocycles. The lowest BCUT2D eigenvalue weighted by atomic mass is 9.92. The highest BCUT2D eigenvalue weighted by Gasteiger charge is 2.24. The molecule has 1 aromatic carbocycles. The van der Waals surface area contributed by atoms with Crippen molar-refractivity contribution in [2.24, 2.45) is 5.92 Å². The van der Waals surface area contributed by atoms with Crippen molar-refractivity contribution in [1.29, 1.82) is 0 Å². The zero-order chi connectivity index (χ0) is 15.1. The summed E-state index contributed by atoms with van der Waals surface area (Å²) in [5.74, 6) is 0.928. The number of methoxy groups -OCH3 is 1. The van der Waals surface area contributed by atoms with Crippen LogP contribution in [0.2, 0.25) is 0 Å². The highest BCUT2D eigenvalue weighted by Crippen LogP contribution is 2.30. The molecule has 1 aromatic rings. The van der Waals surface area contributed by atoms with Crippen LogP contribution in [-0.4, -0.2) is 19.7 Å². The van der Waals surface area contributed by atoms with E-state index in [0.717, 1.165) is 37.3 Å². The van der Waals surface area contributed by atoms with Gasteiger partial charge in [-0.2, -0.15) is 0 Å². The molecule has 118 valence electrons. The smallest absolute Gasteiger partial charge is 0.168 e. The maximum atomic E-state index is 14.2. The normalized spacial score (nSPS) is 17.1. The molecule has 21 heavy (non-hydrogen) atoms. The molecule has 0 bridgehead atoms. The Labute approximate surface area is 128 Å². The molecular formula is C18H28FNO. The molecular weight excluding hydrogens is 265 g/mol. The second-order valence-electron chi connectivity index (χ2n) is 6.08. The van der Waals surface area contributed by atoms with Gasteiger partial charge in [0.15, 0.2) is 11.6 Å². The van der Waals surface area contributed by atoms with Gasteiger partial charge >= 0.3 is 0 Å². The van der Waals surface area contributed by atoms with Gasteiger partial charge in [-0.15, -0.1) is 0 Å². The zero-order valence-electron chi connectivity index (χ0n) is 13.3. The summed E-state index contributed by atoms with van der Waals surface area (Å²) in [7, 11) is 1.52. The predicted octanol–water partition coefficient (Wildman–Crippen LogP) is 4.33. The molecule has 0 amide bonds. The molecule has 1 fully saturated rings. The Morgan fingerprint density at radius 3 is 2.76 bits per heavy atom. The number of nitrogens with one attached hydrogen (secondary N) is 1. The number of halogens is 1. The summed E-state index contributed by atoms with van der Waals surface area (Å²) in [5, 5.41) is 3.68. The lowest BCUT2D eigenvalue weighted by Crippen LogP contribution is -2.36. The second-order valence-corrected chi connectivity index (χ2v) is 6.08. The molecule has 2 nitrogen and oxygen atoms in total. The van der Waals surface area contributed by atoms with Crippen molar-refractivity contribution in [2.75, 3.05) is 13.7 Å². The summed E-state index contributed by atoms with van der Waals surface area (Å²) in [6, 6.07) is 5.96. The van der Waals surface area contributed by atoms with E-state index in [9.17, 15) is 4.39 Å². The third-order valence-corrected chi connectivity index (χ3v) is 4.61. The van der Waals surface area contributed by atoms with Gasteiger partial charge in [0, 0.05) is 6.04 Å². The molecule has 0 radical (unpaired) electrons. The van der Waals surface area contributed by atoms with Gasteiger partial charge in [-0.25, -0.2) is 4.39 Å². The molecule has 1 unspecified atom stereocenters. The summed E-state index contributed by atoms with van der Waals surface area (Å²) in [4.78, 5) is 0. The number of hydrogen-bond acceptors (Lipinski definition) is 2. The number of hydrogen-bond donors (Lipinski definition) is 1. The highest BCUT2D eigenvalue weighted by atomic mass is 19.1. The van der Waals surface area contributed by atoms with E-state index >= 15 is 0 Å². The summed E-state index contributed by atoms with van der Waals surface area (Å²) in [6.45, 7) is 3.25. The minimum atomic E-state index is -0.194. The maximum absolute atomic E-state index is 14.2. The van der Waals surface area contributed by atoms with Crippen LogP contribution in [0.1, 0.15) is 51.0 Å². The predicted molar refractivity (Wildman–Crippen MR) is 85.3 cm³/mol.